The molecule has 5 heteroatoms. The normalized spacial score (nSPS) is 22.2. The Morgan fingerprint density at radius 3 is 1.46 bits per heavy atom. The van der Waals surface area contributed by atoms with Crippen LogP contribution in [0.15, 0.2) is 0 Å². The van der Waals surface area contributed by atoms with E-state index in [1.54, 1.807) is 0 Å². The van der Waals surface area contributed by atoms with Crippen molar-refractivity contribution in [1.29, 1.82) is 0 Å². The average molecular weight is 218 g/mol. The molecule has 0 unspecified atom stereocenters. The van der Waals surface area contributed by atoms with Crippen LogP contribution in [0.1, 0.15) is 25.7 Å². The predicted octanol–water partition coefficient (Wildman–Crippen LogP) is 3.36. The summed E-state index contributed by atoms with van der Waals surface area (Å²) >= 11 is 0. The van der Waals surface area contributed by atoms with Crippen molar-refractivity contribution < 1.29 is 13.2 Å². The minimum absolute atomic E-state index is 0. The van der Waals surface area contributed by atoms with Gasteiger partial charge in [0.1, 0.15) is 0 Å². The first kappa shape index (κ1) is 13.0. The highest BCUT2D eigenvalue weighted by molar-refractivity contribution is 5.85. The van der Waals surface area contributed by atoms with Gasteiger partial charge in [-0.25, -0.2) is 13.2 Å². The Labute approximate surface area is 82.1 Å². The summed E-state index contributed by atoms with van der Waals surface area (Å²) in [6, 6.07) is 0. The van der Waals surface area contributed by atoms with Gasteiger partial charge >= 0.3 is 0 Å². The molecule has 3 N–H and O–H groups in total. The molecule has 2 fully saturated rings. The molecule has 0 aromatic carbocycles. The van der Waals surface area contributed by atoms with Crippen LogP contribution in [0.3, 0.4) is 0 Å². The lowest BCUT2D eigenvalue weighted by atomic mass is 9.95. The molecule has 80 valence electrons. The summed E-state index contributed by atoms with van der Waals surface area (Å²) in [5, 5.41) is 0. The molecular formula is C8H15ClF3N. The molecule has 2 rings (SSSR count). The van der Waals surface area contributed by atoms with Crippen molar-refractivity contribution >= 4 is 12.4 Å². The summed E-state index contributed by atoms with van der Waals surface area (Å²) in [6.07, 6.45) is -0.105. The van der Waals surface area contributed by atoms with Gasteiger partial charge in [0, 0.05) is 0 Å². The Balaban J connectivity index is 0.000000720. The number of hydrogen-bond donors (Lipinski definition) is 1. The van der Waals surface area contributed by atoms with Gasteiger partial charge < -0.3 is 6.15 Å². The minimum Gasteiger partial charge on any atom is -0.344 e. The van der Waals surface area contributed by atoms with Gasteiger partial charge in [0.25, 0.3) is 6.43 Å². The zero-order valence-corrected chi connectivity index (χ0v) is 8.13. The summed E-state index contributed by atoms with van der Waals surface area (Å²) in [4.78, 5) is 0. The van der Waals surface area contributed by atoms with E-state index in [0.717, 1.165) is 0 Å². The first-order chi connectivity index (χ1) is 5.15. The monoisotopic (exact) mass is 217 g/mol. The Morgan fingerprint density at radius 1 is 1.00 bits per heavy atom. The van der Waals surface area contributed by atoms with Crippen molar-refractivity contribution in [2.24, 2.45) is 11.8 Å². The third kappa shape index (κ3) is 2.10. The third-order valence-corrected chi connectivity index (χ3v) is 2.74. The van der Waals surface area contributed by atoms with Gasteiger partial charge in [0.2, 0.25) is 0 Å². The van der Waals surface area contributed by atoms with Crippen LogP contribution in [0, 0.1) is 11.8 Å². The maximum absolute atomic E-state index is 13.5. The molecule has 2 aliphatic rings. The van der Waals surface area contributed by atoms with E-state index >= 15 is 0 Å². The topological polar surface area (TPSA) is 35.0 Å². The zero-order valence-electron chi connectivity index (χ0n) is 7.31. The van der Waals surface area contributed by atoms with Crippen LogP contribution in [0.2, 0.25) is 0 Å². The van der Waals surface area contributed by atoms with Gasteiger partial charge in [-0.05, 0) is 37.5 Å². The molecule has 0 spiro atoms. The largest absolute Gasteiger partial charge is 0.344 e. The Hall–Kier alpha value is 0.0400. The van der Waals surface area contributed by atoms with Crippen LogP contribution in [0.4, 0.5) is 13.2 Å². The second kappa shape index (κ2) is 4.05. The number of alkyl halides is 3. The zero-order chi connectivity index (χ0) is 8.06. The fourth-order valence-electron chi connectivity index (χ4n) is 1.74. The van der Waals surface area contributed by atoms with E-state index in [9.17, 15) is 13.2 Å². The molecule has 0 radical (unpaired) electrons. The number of hydrogen-bond acceptors (Lipinski definition) is 1. The predicted molar refractivity (Wildman–Crippen MR) is 47.6 cm³/mol. The molecule has 0 heterocycles. The highest BCUT2D eigenvalue weighted by Gasteiger charge is 2.60. The maximum atomic E-state index is 13.5. The number of rotatable bonds is 3. The van der Waals surface area contributed by atoms with E-state index in [2.05, 4.69) is 0 Å². The van der Waals surface area contributed by atoms with E-state index < -0.39 is 12.1 Å². The van der Waals surface area contributed by atoms with Gasteiger partial charge in [0.05, 0.1) is 0 Å². The maximum Gasteiger partial charge on any atom is 0.272 e. The van der Waals surface area contributed by atoms with E-state index in [1.165, 1.54) is 0 Å². The summed E-state index contributed by atoms with van der Waals surface area (Å²) in [7, 11) is 0. The van der Waals surface area contributed by atoms with Gasteiger partial charge in [0.15, 0.2) is 5.67 Å². The summed E-state index contributed by atoms with van der Waals surface area (Å²) in [5.41, 5.74) is -2.11. The van der Waals surface area contributed by atoms with E-state index in [4.69, 9.17) is 0 Å². The molecular weight excluding hydrogens is 203 g/mol. The van der Waals surface area contributed by atoms with Crippen molar-refractivity contribution in [2.75, 3.05) is 0 Å². The fourth-order valence-corrected chi connectivity index (χ4v) is 1.74. The van der Waals surface area contributed by atoms with Crippen molar-refractivity contribution in [3.8, 4) is 0 Å². The Bertz CT molecular complexity index is 151. The van der Waals surface area contributed by atoms with Crippen molar-refractivity contribution in [2.45, 2.75) is 37.8 Å². The molecule has 0 atom stereocenters. The van der Waals surface area contributed by atoms with Gasteiger partial charge in [-0.15, -0.1) is 12.4 Å². The van der Waals surface area contributed by atoms with Crippen molar-refractivity contribution in [1.82, 2.24) is 6.15 Å². The van der Waals surface area contributed by atoms with Gasteiger partial charge in [-0.1, -0.05) is 0 Å². The molecule has 0 aromatic rings. The smallest absolute Gasteiger partial charge is 0.272 e. The quantitative estimate of drug-likeness (QED) is 0.773. The molecule has 0 aromatic heterocycles. The van der Waals surface area contributed by atoms with Crippen LogP contribution >= 0.6 is 12.4 Å². The average Bonchev–Trinajstić information content (AvgIpc) is 2.79. The molecule has 0 amide bonds. The molecule has 13 heavy (non-hydrogen) atoms. The minimum atomic E-state index is -2.76. The number of halogens is 4. The second-order valence-electron chi connectivity index (χ2n) is 3.68. The second-order valence-corrected chi connectivity index (χ2v) is 3.68. The lowest BCUT2D eigenvalue weighted by molar-refractivity contribution is -0.0652. The Morgan fingerprint density at radius 2 is 1.31 bits per heavy atom. The van der Waals surface area contributed by atoms with E-state index in [-0.39, 0.29) is 30.4 Å². The molecule has 0 aliphatic heterocycles. The molecule has 1 nitrogen and oxygen atoms in total. The van der Waals surface area contributed by atoms with Crippen LogP contribution in [0.5, 0.6) is 0 Å². The van der Waals surface area contributed by atoms with Crippen molar-refractivity contribution in [3.05, 3.63) is 0 Å². The first-order valence-corrected chi connectivity index (χ1v) is 4.12. The molecule has 2 saturated carbocycles. The fraction of sp³-hybridized carbons (Fsp3) is 1.00. The lowest BCUT2D eigenvalue weighted by Crippen LogP contribution is -2.37. The van der Waals surface area contributed by atoms with Crippen LogP contribution in [0.25, 0.3) is 0 Å². The molecule has 0 bridgehead atoms. The van der Waals surface area contributed by atoms with Crippen molar-refractivity contribution in [3.63, 3.8) is 0 Å². The SMILES string of the molecule is Cl.FC(F)C(F)(C1CC1)C1CC1.N. The summed E-state index contributed by atoms with van der Waals surface area (Å²) in [5.74, 6) is -0.648. The highest BCUT2D eigenvalue weighted by atomic mass is 35.5. The highest BCUT2D eigenvalue weighted by Crippen LogP contribution is 2.56. The van der Waals surface area contributed by atoms with Gasteiger partial charge in [-0.2, -0.15) is 0 Å². The summed E-state index contributed by atoms with van der Waals surface area (Å²) in [6.45, 7) is 0. The van der Waals surface area contributed by atoms with Crippen LogP contribution < -0.4 is 6.15 Å². The van der Waals surface area contributed by atoms with Crippen LogP contribution in [-0.2, 0) is 0 Å². The van der Waals surface area contributed by atoms with Gasteiger partial charge in [-0.3, -0.25) is 0 Å². The molecule has 2 aliphatic carbocycles. The molecule has 0 saturated heterocycles. The summed E-state index contributed by atoms with van der Waals surface area (Å²) < 4.78 is 38.1. The Kier molecular flexibility index (Phi) is 4.06. The van der Waals surface area contributed by atoms with Crippen LogP contribution in [-0.4, -0.2) is 12.1 Å². The lowest BCUT2D eigenvalue weighted by Gasteiger charge is -2.23. The van der Waals surface area contributed by atoms with E-state index in [0.29, 0.717) is 25.7 Å². The first-order valence-electron chi connectivity index (χ1n) is 4.12. The van der Waals surface area contributed by atoms with E-state index in [1.807, 2.05) is 0 Å². The standard InChI is InChI=1S/C8H11F3.ClH.H3N/c9-7(10)8(11,5-1-2-5)6-3-4-6;;/h5-7H,1-4H2;1H;1H3. The third-order valence-electron chi connectivity index (χ3n) is 2.74.